The molecule has 0 aromatic heterocycles. The van der Waals surface area contributed by atoms with E-state index < -0.39 is 0 Å². The Balaban J connectivity index is 2.20. The second-order valence-corrected chi connectivity index (χ2v) is 4.27. The molecule has 0 heterocycles. The predicted octanol–water partition coefficient (Wildman–Crippen LogP) is 1.46. The molecule has 1 unspecified atom stereocenters. The number of carbonyl (C=O) groups excluding carboxylic acids is 1. The molecule has 0 saturated heterocycles. The summed E-state index contributed by atoms with van der Waals surface area (Å²) in [5, 5.41) is 0. The van der Waals surface area contributed by atoms with Crippen molar-refractivity contribution in [2.24, 2.45) is 0 Å². The van der Waals surface area contributed by atoms with Gasteiger partial charge in [0.25, 0.3) is 0 Å². The molecular formula is C11H21NO2. The van der Waals surface area contributed by atoms with Crippen molar-refractivity contribution < 1.29 is 9.53 Å². The Morgan fingerprint density at radius 2 is 2.29 bits per heavy atom. The third kappa shape index (κ3) is 3.39. The highest BCUT2D eigenvalue weighted by Crippen LogP contribution is 2.18. The quantitative estimate of drug-likeness (QED) is 0.671. The molecule has 0 radical (unpaired) electrons. The zero-order valence-electron chi connectivity index (χ0n) is 9.45. The van der Waals surface area contributed by atoms with Gasteiger partial charge >= 0.3 is 0 Å². The van der Waals surface area contributed by atoms with Crippen molar-refractivity contribution in [3.8, 4) is 0 Å². The maximum Gasteiger partial charge on any atom is 0.149 e. The molecule has 14 heavy (non-hydrogen) atoms. The number of carbonyl (C=O) groups is 1. The summed E-state index contributed by atoms with van der Waals surface area (Å²) in [5.41, 5.74) is 0. The normalized spacial score (nSPS) is 22.6. The van der Waals surface area contributed by atoms with Gasteiger partial charge in [-0.1, -0.05) is 0 Å². The molecule has 0 aliphatic heterocycles. The van der Waals surface area contributed by atoms with E-state index in [2.05, 4.69) is 4.90 Å². The zero-order chi connectivity index (χ0) is 10.6. The molecule has 82 valence electrons. The SMILES string of the molecule is CC(C)OCCN(C)C1CCCC1=O. The molecule has 1 saturated carbocycles. The highest BCUT2D eigenvalue weighted by Gasteiger charge is 2.27. The monoisotopic (exact) mass is 199 g/mol. The molecule has 0 aromatic rings. The molecule has 3 heteroatoms. The van der Waals surface area contributed by atoms with Crippen molar-refractivity contribution in [3.63, 3.8) is 0 Å². The van der Waals surface area contributed by atoms with Crippen molar-refractivity contribution in [1.82, 2.24) is 4.90 Å². The molecule has 1 fully saturated rings. The van der Waals surface area contributed by atoms with Crippen LogP contribution in [0.3, 0.4) is 0 Å². The summed E-state index contributed by atoms with van der Waals surface area (Å²) in [6, 6.07) is 0.158. The lowest BCUT2D eigenvalue weighted by molar-refractivity contribution is -0.121. The van der Waals surface area contributed by atoms with Gasteiger partial charge < -0.3 is 4.74 Å². The number of ketones is 1. The maximum atomic E-state index is 11.4. The molecule has 3 nitrogen and oxygen atoms in total. The van der Waals surface area contributed by atoms with Crippen LogP contribution in [0.2, 0.25) is 0 Å². The van der Waals surface area contributed by atoms with Crippen LogP contribution < -0.4 is 0 Å². The average molecular weight is 199 g/mol. The van der Waals surface area contributed by atoms with E-state index in [9.17, 15) is 4.79 Å². The third-order valence-corrected chi connectivity index (χ3v) is 2.70. The second-order valence-electron chi connectivity index (χ2n) is 4.27. The van der Waals surface area contributed by atoms with Gasteiger partial charge in [0.2, 0.25) is 0 Å². The van der Waals surface area contributed by atoms with E-state index >= 15 is 0 Å². The van der Waals surface area contributed by atoms with Gasteiger partial charge in [-0.05, 0) is 33.7 Å². The number of ether oxygens (including phenoxy) is 1. The van der Waals surface area contributed by atoms with Crippen LogP contribution in [0.5, 0.6) is 0 Å². The van der Waals surface area contributed by atoms with E-state index in [1.165, 1.54) is 0 Å². The summed E-state index contributed by atoms with van der Waals surface area (Å²) in [5.74, 6) is 0.400. The molecule has 0 bridgehead atoms. The Kier molecular flexibility index (Phi) is 4.55. The fourth-order valence-electron chi connectivity index (χ4n) is 1.85. The van der Waals surface area contributed by atoms with E-state index in [4.69, 9.17) is 4.74 Å². The molecule has 1 atom stereocenters. The number of Topliss-reactive ketones (excluding diaryl/α,β-unsaturated/α-hetero) is 1. The minimum atomic E-state index is 0.158. The minimum Gasteiger partial charge on any atom is -0.377 e. The highest BCUT2D eigenvalue weighted by molar-refractivity contribution is 5.85. The van der Waals surface area contributed by atoms with Crippen LogP contribution in [0.4, 0.5) is 0 Å². The Morgan fingerprint density at radius 3 is 2.79 bits per heavy atom. The van der Waals surface area contributed by atoms with Crippen LogP contribution in [0.25, 0.3) is 0 Å². The first-order valence-electron chi connectivity index (χ1n) is 5.46. The van der Waals surface area contributed by atoms with Gasteiger partial charge in [0.15, 0.2) is 0 Å². The standard InChI is InChI=1S/C11H21NO2/c1-9(2)14-8-7-12(3)10-5-4-6-11(10)13/h9-10H,4-8H2,1-3H3. The fraction of sp³-hybridized carbons (Fsp3) is 0.909. The van der Waals surface area contributed by atoms with E-state index in [0.717, 1.165) is 32.4 Å². The minimum absolute atomic E-state index is 0.158. The van der Waals surface area contributed by atoms with Crippen molar-refractivity contribution in [2.75, 3.05) is 20.2 Å². The number of nitrogens with zero attached hydrogens (tertiary/aromatic N) is 1. The number of rotatable bonds is 5. The van der Waals surface area contributed by atoms with Crippen LogP contribution in [0, 0.1) is 0 Å². The van der Waals surface area contributed by atoms with Gasteiger partial charge in [0.05, 0.1) is 18.8 Å². The van der Waals surface area contributed by atoms with Crippen molar-refractivity contribution >= 4 is 5.78 Å². The van der Waals surface area contributed by atoms with Crippen LogP contribution in [0.15, 0.2) is 0 Å². The highest BCUT2D eigenvalue weighted by atomic mass is 16.5. The molecule has 1 rings (SSSR count). The lowest BCUT2D eigenvalue weighted by Crippen LogP contribution is -2.37. The number of likely N-dealkylation sites (N-methyl/N-ethyl adjacent to an activating group) is 1. The number of hydrogen-bond donors (Lipinski definition) is 0. The molecule has 0 aromatic carbocycles. The lowest BCUT2D eigenvalue weighted by atomic mass is 10.2. The van der Waals surface area contributed by atoms with Crippen molar-refractivity contribution in [1.29, 1.82) is 0 Å². The lowest BCUT2D eigenvalue weighted by Gasteiger charge is -2.23. The molecule has 0 N–H and O–H groups in total. The van der Waals surface area contributed by atoms with Gasteiger partial charge in [-0.25, -0.2) is 0 Å². The van der Waals surface area contributed by atoms with Crippen LogP contribution >= 0.6 is 0 Å². The van der Waals surface area contributed by atoms with Crippen molar-refractivity contribution in [2.45, 2.75) is 45.3 Å². The van der Waals surface area contributed by atoms with Gasteiger partial charge in [0.1, 0.15) is 5.78 Å². The van der Waals surface area contributed by atoms with Crippen molar-refractivity contribution in [3.05, 3.63) is 0 Å². The largest absolute Gasteiger partial charge is 0.377 e. The molecule has 1 aliphatic rings. The van der Waals surface area contributed by atoms with Gasteiger partial charge in [-0.2, -0.15) is 0 Å². The Bertz CT molecular complexity index is 192. The Hall–Kier alpha value is -0.410. The predicted molar refractivity (Wildman–Crippen MR) is 56.4 cm³/mol. The maximum absolute atomic E-state index is 11.4. The average Bonchev–Trinajstić information content (AvgIpc) is 2.50. The fourth-order valence-corrected chi connectivity index (χ4v) is 1.85. The zero-order valence-corrected chi connectivity index (χ0v) is 9.45. The van der Waals surface area contributed by atoms with E-state index in [0.29, 0.717) is 5.78 Å². The van der Waals surface area contributed by atoms with Crippen LogP contribution in [-0.4, -0.2) is 43.0 Å². The van der Waals surface area contributed by atoms with E-state index in [1.54, 1.807) is 0 Å². The summed E-state index contributed by atoms with van der Waals surface area (Å²) >= 11 is 0. The summed E-state index contributed by atoms with van der Waals surface area (Å²) in [6.45, 7) is 5.63. The van der Waals surface area contributed by atoms with Crippen LogP contribution in [-0.2, 0) is 9.53 Å². The molecular weight excluding hydrogens is 178 g/mol. The first kappa shape index (κ1) is 11.7. The van der Waals surface area contributed by atoms with Crippen LogP contribution in [0.1, 0.15) is 33.1 Å². The Labute approximate surface area is 86.4 Å². The first-order valence-corrected chi connectivity index (χ1v) is 5.46. The molecule has 0 spiro atoms. The molecule has 0 amide bonds. The van der Waals surface area contributed by atoms with E-state index in [1.807, 2.05) is 20.9 Å². The van der Waals surface area contributed by atoms with Gasteiger partial charge in [0, 0.05) is 13.0 Å². The smallest absolute Gasteiger partial charge is 0.149 e. The molecule has 1 aliphatic carbocycles. The Morgan fingerprint density at radius 1 is 1.57 bits per heavy atom. The second kappa shape index (κ2) is 5.47. The summed E-state index contributed by atoms with van der Waals surface area (Å²) in [7, 11) is 2.01. The summed E-state index contributed by atoms with van der Waals surface area (Å²) in [4.78, 5) is 13.6. The van der Waals surface area contributed by atoms with E-state index in [-0.39, 0.29) is 12.1 Å². The third-order valence-electron chi connectivity index (χ3n) is 2.70. The summed E-state index contributed by atoms with van der Waals surface area (Å²) in [6.07, 6.45) is 3.12. The van der Waals surface area contributed by atoms with Gasteiger partial charge in [-0.15, -0.1) is 0 Å². The summed E-state index contributed by atoms with van der Waals surface area (Å²) < 4.78 is 5.45. The number of hydrogen-bond acceptors (Lipinski definition) is 3. The first-order chi connectivity index (χ1) is 6.61. The topological polar surface area (TPSA) is 29.5 Å². The van der Waals surface area contributed by atoms with Gasteiger partial charge in [-0.3, -0.25) is 9.69 Å².